The molecule has 0 spiro atoms. The minimum atomic E-state index is -0.505. The summed E-state index contributed by atoms with van der Waals surface area (Å²) in [5.74, 6) is 0. The second-order valence-corrected chi connectivity index (χ2v) is 5.75. The molecule has 0 aliphatic carbocycles. The van der Waals surface area contributed by atoms with Crippen LogP contribution in [-0.2, 0) is 6.42 Å². The highest BCUT2D eigenvalue weighted by Gasteiger charge is 2.27. The molecule has 3 rings (SSSR count). The molecule has 2 heteroatoms. The third-order valence-corrected chi connectivity index (χ3v) is 4.05. The number of aliphatic hydroxyl groups is 1. The molecule has 20 heavy (non-hydrogen) atoms. The van der Waals surface area contributed by atoms with Crippen LogP contribution < -0.4 is 5.32 Å². The smallest absolute Gasteiger partial charge is 0.0984 e. The molecule has 0 amide bonds. The van der Waals surface area contributed by atoms with Gasteiger partial charge < -0.3 is 10.4 Å². The number of hydrogen-bond donors (Lipinski definition) is 2. The van der Waals surface area contributed by atoms with Gasteiger partial charge in [0, 0.05) is 0 Å². The summed E-state index contributed by atoms with van der Waals surface area (Å²) in [6.45, 7) is 5.07. The molecular weight excluding hydrogens is 246 g/mol. The van der Waals surface area contributed by atoms with Crippen LogP contribution in [0.25, 0.3) is 0 Å². The van der Waals surface area contributed by atoms with Crippen molar-refractivity contribution in [2.24, 2.45) is 0 Å². The molecule has 0 saturated carbocycles. The van der Waals surface area contributed by atoms with Crippen molar-refractivity contribution in [2.75, 3.05) is 6.54 Å². The van der Waals surface area contributed by atoms with Crippen molar-refractivity contribution in [2.45, 2.75) is 32.4 Å². The minimum Gasteiger partial charge on any atom is -0.386 e. The lowest BCUT2D eigenvalue weighted by molar-refractivity contribution is 0.125. The maximum absolute atomic E-state index is 10.8. The lowest BCUT2D eigenvalue weighted by atomic mass is 9.88. The van der Waals surface area contributed by atoms with Gasteiger partial charge in [-0.1, -0.05) is 53.6 Å². The van der Waals surface area contributed by atoms with Gasteiger partial charge >= 0.3 is 0 Å². The van der Waals surface area contributed by atoms with E-state index in [1.54, 1.807) is 0 Å². The Morgan fingerprint density at radius 3 is 2.55 bits per heavy atom. The Kier molecular flexibility index (Phi) is 3.60. The number of benzene rings is 2. The quantitative estimate of drug-likeness (QED) is 0.875. The number of nitrogens with one attached hydrogen (secondary N) is 1. The van der Waals surface area contributed by atoms with Crippen LogP contribution in [-0.4, -0.2) is 11.7 Å². The summed E-state index contributed by atoms with van der Waals surface area (Å²) in [6.07, 6.45) is 0.529. The van der Waals surface area contributed by atoms with Gasteiger partial charge in [-0.25, -0.2) is 0 Å². The van der Waals surface area contributed by atoms with Crippen LogP contribution in [0.15, 0.2) is 42.5 Å². The molecule has 1 aliphatic rings. The van der Waals surface area contributed by atoms with E-state index in [4.69, 9.17) is 0 Å². The summed E-state index contributed by atoms with van der Waals surface area (Å²) in [5, 5.41) is 14.2. The molecule has 104 valence electrons. The lowest BCUT2D eigenvalue weighted by Gasteiger charge is -2.31. The zero-order valence-corrected chi connectivity index (χ0v) is 12.1. The van der Waals surface area contributed by atoms with Gasteiger partial charge in [0.1, 0.15) is 0 Å². The Balaban J connectivity index is 1.97. The SMILES string of the molecule is Cc1cc(C)cc(C(O)C2NCCc3ccccc32)c1. The van der Waals surface area contributed by atoms with Gasteiger partial charge in [0.05, 0.1) is 12.1 Å². The van der Waals surface area contributed by atoms with E-state index < -0.39 is 6.10 Å². The normalized spacial score (nSPS) is 19.4. The van der Waals surface area contributed by atoms with E-state index in [0.717, 1.165) is 18.5 Å². The molecule has 1 aliphatic heterocycles. The third-order valence-electron chi connectivity index (χ3n) is 4.05. The fraction of sp³-hybridized carbons (Fsp3) is 0.333. The van der Waals surface area contributed by atoms with Crippen molar-refractivity contribution in [1.29, 1.82) is 0 Å². The first-order valence-corrected chi connectivity index (χ1v) is 7.22. The van der Waals surface area contributed by atoms with E-state index >= 15 is 0 Å². The van der Waals surface area contributed by atoms with Gasteiger partial charge in [0.2, 0.25) is 0 Å². The van der Waals surface area contributed by atoms with Gasteiger partial charge in [-0.05, 0) is 43.5 Å². The van der Waals surface area contributed by atoms with Crippen molar-refractivity contribution in [3.05, 3.63) is 70.3 Å². The molecule has 0 bridgehead atoms. The Labute approximate surface area is 120 Å². The highest BCUT2D eigenvalue weighted by Crippen LogP contribution is 2.33. The number of hydrogen-bond acceptors (Lipinski definition) is 2. The molecule has 0 saturated heterocycles. The highest BCUT2D eigenvalue weighted by atomic mass is 16.3. The zero-order chi connectivity index (χ0) is 14.1. The zero-order valence-electron chi connectivity index (χ0n) is 12.1. The fourth-order valence-corrected chi connectivity index (χ4v) is 3.19. The van der Waals surface area contributed by atoms with Crippen LogP contribution in [0.1, 0.15) is 40.0 Å². The van der Waals surface area contributed by atoms with Gasteiger partial charge in [-0.3, -0.25) is 0 Å². The van der Waals surface area contributed by atoms with Crippen molar-refractivity contribution in [1.82, 2.24) is 5.32 Å². The average molecular weight is 267 g/mol. The Morgan fingerprint density at radius 2 is 1.80 bits per heavy atom. The molecule has 1 heterocycles. The minimum absolute atomic E-state index is 0.0128. The fourth-order valence-electron chi connectivity index (χ4n) is 3.19. The Morgan fingerprint density at radius 1 is 1.10 bits per heavy atom. The van der Waals surface area contributed by atoms with Crippen molar-refractivity contribution in [3.63, 3.8) is 0 Å². The van der Waals surface area contributed by atoms with Gasteiger partial charge in [-0.2, -0.15) is 0 Å². The molecule has 0 aromatic heterocycles. The van der Waals surface area contributed by atoms with Crippen LogP contribution >= 0.6 is 0 Å². The third kappa shape index (κ3) is 2.49. The van der Waals surface area contributed by atoms with Crippen molar-refractivity contribution >= 4 is 0 Å². The van der Waals surface area contributed by atoms with Crippen molar-refractivity contribution in [3.8, 4) is 0 Å². The highest BCUT2D eigenvalue weighted by molar-refractivity contribution is 5.37. The Bertz CT molecular complexity index is 600. The average Bonchev–Trinajstić information content (AvgIpc) is 2.45. The summed E-state index contributed by atoms with van der Waals surface area (Å²) in [5.41, 5.74) is 5.97. The molecule has 2 unspecified atom stereocenters. The van der Waals surface area contributed by atoms with Gasteiger partial charge in [0.25, 0.3) is 0 Å². The molecule has 2 aromatic rings. The van der Waals surface area contributed by atoms with Crippen LogP contribution in [0.2, 0.25) is 0 Å². The summed E-state index contributed by atoms with van der Waals surface area (Å²) in [7, 11) is 0. The van der Waals surface area contributed by atoms with E-state index in [1.165, 1.54) is 22.3 Å². The van der Waals surface area contributed by atoms with E-state index in [1.807, 2.05) is 6.07 Å². The standard InChI is InChI=1S/C18H21NO/c1-12-9-13(2)11-15(10-12)18(20)17-16-6-4-3-5-14(16)7-8-19-17/h3-6,9-11,17-20H,7-8H2,1-2H3. The lowest BCUT2D eigenvalue weighted by Crippen LogP contribution is -2.33. The van der Waals surface area contributed by atoms with E-state index in [2.05, 4.69) is 55.6 Å². The number of rotatable bonds is 2. The van der Waals surface area contributed by atoms with E-state index in [-0.39, 0.29) is 6.04 Å². The van der Waals surface area contributed by atoms with Crippen molar-refractivity contribution < 1.29 is 5.11 Å². The molecule has 2 aromatic carbocycles. The summed E-state index contributed by atoms with van der Waals surface area (Å²) in [4.78, 5) is 0. The summed E-state index contributed by atoms with van der Waals surface area (Å²) in [6, 6.07) is 14.7. The first-order valence-electron chi connectivity index (χ1n) is 7.22. The second-order valence-electron chi connectivity index (χ2n) is 5.75. The number of aryl methyl sites for hydroxylation is 2. The summed E-state index contributed by atoms with van der Waals surface area (Å²) < 4.78 is 0. The van der Waals surface area contributed by atoms with Crippen LogP contribution in [0.5, 0.6) is 0 Å². The predicted octanol–water partition coefficient (Wildman–Crippen LogP) is 3.22. The van der Waals surface area contributed by atoms with Crippen LogP contribution in [0, 0.1) is 13.8 Å². The molecule has 0 radical (unpaired) electrons. The maximum atomic E-state index is 10.8. The molecular formula is C18H21NO. The maximum Gasteiger partial charge on any atom is 0.0984 e. The van der Waals surface area contributed by atoms with Crippen LogP contribution in [0.3, 0.4) is 0 Å². The predicted molar refractivity (Wildman–Crippen MR) is 81.8 cm³/mol. The van der Waals surface area contributed by atoms with E-state index in [9.17, 15) is 5.11 Å². The second kappa shape index (κ2) is 5.39. The Hall–Kier alpha value is -1.64. The molecule has 0 fully saturated rings. The summed E-state index contributed by atoms with van der Waals surface area (Å²) >= 11 is 0. The topological polar surface area (TPSA) is 32.3 Å². The monoisotopic (exact) mass is 267 g/mol. The van der Waals surface area contributed by atoms with Gasteiger partial charge in [0.15, 0.2) is 0 Å². The molecule has 2 atom stereocenters. The first kappa shape index (κ1) is 13.3. The van der Waals surface area contributed by atoms with Gasteiger partial charge in [-0.15, -0.1) is 0 Å². The number of fused-ring (bicyclic) bond motifs is 1. The molecule has 2 N–H and O–H groups in total. The first-order chi connectivity index (χ1) is 9.65. The number of aliphatic hydroxyl groups excluding tert-OH is 1. The molecule has 2 nitrogen and oxygen atoms in total. The largest absolute Gasteiger partial charge is 0.386 e. The van der Waals surface area contributed by atoms with E-state index in [0.29, 0.717) is 0 Å². The van der Waals surface area contributed by atoms with Crippen LogP contribution in [0.4, 0.5) is 0 Å².